The van der Waals surface area contributed by atoms with Gasteiger partial charge in [0.2, 0.25) is 0 Å². The smallest absolute Gasteiger partial charge is 0.317 e. The summed E-state index contributed by atoms with van der Waals surface area (Å²) < 4.78 is 0. The molecule has 1 rings (SSSR count). The van der Waals surface area contributed by atoms with Gasteiger partial charge in [0, 0.05) is 19.6 Å². The third-order valence-electron chi connectivity index (χ3n) is 3.60. The van der Waals surface area contributed by atoms with Crippen LogP contribution in [-0.2, 0) is 4.79 Å². The Hall–Kier alpha value is -1.26. The van der Waals surface area contributed by atoms with Gasteiger partial charge in [-0.25, -0.2) is 4.79 Å². The topological polar surface area (TPSA) is 69.6 Å². The molecule has 0 aromatic carbocycles. The van der Waals surface area contributed by atoms with Crippen molar-refractivity contribution in [2.75, 3.05) is 19.6 Å². The number of nitrogens with one attached hydrogen (secondary N) is 1. The molecular formula is C15H28N2O3. The first-order valence-electron chi connectivity index (χ1n) is 7.55. The van der Waals surface area contributed by atoms with E-state index >= 15 is 0 Å². The van der Waals surface area contributed by atoms with Crippen LogP contribution in [0.15, 0.2) is 0 Å². The van der Waals surface area contributed by atoms with Crippen molar-refractivity contribution < 1.29 is 14.7 Å². The lowest BCUT2D eigenvalue weighted by Crippen LogP contribution is -2.43. The minimum atomic E-state index is -0.837. The van der Waals surface area contributed by atoms with Crippen molar-refractivity contribution in [2.24, 2.45) is 11.3 Å². The number of carboxylic acid groups (broad SMARTS) is 1. The van der Waals surface area contributed by atoms with Gasteiger partial charge in [-0.15, -0.1) is 0 Å². The van der Waals surface area contributed by atoms with Crippen molar-refractivity contribution >= 4 is 12.0 Å². The molecule has 0 bridgehead atoms. The second kappa shape index (κ2) is 7.50. The van der Waals surface area contributed by atoms with Gasteiger partial charge >= 0.3 is 12.0 Å². The molecule has 0 aromatic rings. The Morgan fingerprint density at radius 3 is 2.15 bits per heavy atom. The lowest BCUT2D eigenvalue weighted by Gasteiger charge is -2.25. The van der Waals surface area contributed by atoms with Crippen molar-refractivity contribution in [2.45, 2.75) is 52.9 Å². The Kier molecular flexibility index (Phi) is 6.30. The molecule has 5 nitrogen and oxygen atoms in total. The van der Waals surface area contributed by atoms with Crippen LogP contribution in [-0.4, -0.2) is 41.6 Å². The summed E-state index contributed by atoms with van der Waals surface area (Å²) >= 11 is 0. The Morgan fingerprint density at radius 2 is 1.70 bits per heavy atom. The lowest BCUT2D eigenvalue weighted by atomic mass is 9.84. The molecule has 2 amide bonds. The van der Waals surface area contributed by atoms with Crippen LogP contribution < -0.4 is 5.32 Å². The Labute approximate surface area is 121 Å². The molecule has 1 heterocycles. The molecule has 1 unspecified atom stereocenters. The summed E-state index contributed by atoms with van der Waals surface area (Å²) in [6.45, 7) is 7.81. The average molecular weight is 284 g/mol. The number of carbonyl (C=O) groups excluding carboxylic acids is 1. The molecule has 20 heavy (non-hydrogen) atoms. The normalized spacial score (nSPS) is 18.2. The lowest BCUT2D eigenvalue weighted by molar-refractivity contribution is -0.142. The van der Waals surface area contributed by atoms with Crippen LogP contribution in [0.5, 0.6) is 0 Å². The van der Waals surface area contributed by atoms with Gasteiger partial charge in [0.05, 0.1) is 5.92 Å². The van der Waals surface area contributed by atoms with E-state index in [2.05, 4.69) is 5.32 Å². The molecule has 1 fully saturated rings. The molecule has 5 heteroatoms. The van der Waals surface area contributed by atoms with Crippen LogP contribution in [0.1, 0.15) is 52.9 Å². The highest BCUT2D eigenvalue weighted by molar-refractivity contribution is 5.76. The molecule has 0 radical (unpaired) electrons. The first-order valence-corrected chi connectivity index (χ1v) is 7.55. The highest BCUT2D eigenvalue weighted by Crippen LogP contribution is 2.24. The van der Waals surface area contributed by atoms with Gasteiger partial charge in [-0.2, -0.15) is 0 Å². The molecule has 1 aliphatic heterocycles. The molecule has 1 atom stereocenters. The SMILES string of the molecule is CC(C)(C)CC(CNC(=O)N1CCCCCC1)C(=O)O. The first kappa shape index (κ1) is 16.8. The fourth-order valence-corrected chi connectivity index (χ4v) is 2.58. The van der Waals surface area contributed by atoms with E-state index < -0.39 is 11.9 Å². The van der Waals surface area contributed by atoms with Gasteiger partial charge in [0.25, 0.3) is 0 Å². The van der Waals surface area contributed by atoms with Crippen molar-refractivity contribution in [1.29, 1.82) is 0 Å². The highest BCUT2D eigenvalue weighted by Gasteiger charge is 2.25. The number of carbonyl (C=O) groups is 2. The number of nitrogens with zero attached hydrogens (tertiary/aromatic N) is 1. The quantitative estimate of drug-likeness (QED) is 0.834. The third kappa shape index (κ3) is 6.26. The van der Waals surface area contributed by atoms with Crippen molar-refractivity contribution in [3.8, 4) is 0 Å². The zero-order valence-corrected chi connectivity index (χ0v) is 12.9. The van der Waals surface area contributed by atoms with E-state index in [1.165, 1.54) is 12.8 Å². The second-order valence-electron chi connectivity index (χ2n) is 6.89. The zero-order valence-electron chi connectivity index (χ0n) is 12.9. The van der Waals surface area contributed by atoms with Crippen LogP contribution in [0.4, 0.5) is 4.79 Å². The van der Waals surface area contributed by atoms with Crippen molar-refractivity contribution in [3.63, 3.8) is 0 Å². The van der Waals surface area contributed by atoms with Gasteiger partial charge in [-0.3, -0.25) is 4.79 Å². The number of likely N-dealkylation sites (tertiary alicyclic amines) is 1. The van der Waals surface area contributed by atoms with Crippen molar-refractivity contribution in [1.82, 2.24) is 10.2 Å². The van der Waals surface area contributed by atoms with Gasteiger partial charge < -0.3 is 15.3 Å². The number of rotatable bonds is 4. The van der Waals surface area contributed by atoms with E-state index in [9.17, 15) is 14.7 Å². The molecule has 0 saturated carbocycles. The number of carboxylic acids is 1. The van der Waals surface area contributed by atoms with Gasteiger partial charge in [-0.05, 0) is 24.7 Å². The number of amides is 2. The predicted octanol–water partition coefficient (Wildman–Crippen LogP) is 2.71. The van der Waals surface area contributed by atoms with Gasteiger partial charge in [0.15, 0.2) is 0 Å². The monoisotopic (exact) mass is 284 g/mol. The molecule has 0 aromatic heterocycles. The molecule has 1 aliphatic rings. The van der Waals surface area contributed by atoms with E-state index in [0.29, 0.717) is 6.42 Å². The standard InChI is InChI=1S/C15H28N2O3/c1-15(2,3)10-12(13(18)19)11-16-14(20)17-8-6-4-5-7-9-17/h12H,4-11H2,1-3H3,(H,16,20)(H,18,19). The summed E-state index contributed by atoms with van der Waals surface area (Å²) in [7, 11) is 0. The van der Waals surface area contributed by atoms with Crippen LogP contribution in [0, 0.1) is 11.3 Å². The van der Waals surface area contributed by atoms with E-state index in [1.807, 2.05) is 25.7 Å². The highest BCUT2D eigenvalue weighted by atomic mass is 16.4. The first-order chi connectivity index (χ1) is 9.29. The molecule has 2 N–H and O–H groups in total. The summed E-state index contributed by atoms with van der Waals surface area (Å²) in [6, 6.07) is -0.118. The molecule has 0 spiro atoms. The van der Waals surface area contributed by atoms with E-state index in [4.69, 9.17) is 0 Å². The summed E-state index contributed by atoms with van der Waals surface area (Å²) in [4.78, 5) is 25.1. The Bertz CT molecular complexity index is 329. The molecular weight excluding hydrogens is 256 g/mol. The van der Waals surface area contributed by atoms with Gasteiger partial charge in [-0.1, -0.05) is 33.6 Å². The van der Waals surface area contributed by atoms with Crippen molar-refractivity contribution in [3.05, 3.63) is 0 Å². The summed E-state index contributed by atoms with van der Waals surface area (Å²) in [5.41, 5.74) is -0.0591. The summed E-state index contributed by atoms with van der Waals surface area (Å²) in [5.74, 6) is -1.36. The van der Waals surface area contributed by atoms with Crippen LogP contribution >= 0.6 is 0 Å². The number of urea groups is 1. The maximum atomic E-state index is 12.1. The third-order valence-corrected chi connectivity index (χ3v) is 3.60. The van der Waals surface area contributed by atoms with Crippen LogP contribution in [0.3, 0.4) is 0 Å². The minimum Gasteiger partial charge on any atom is -0.481 e. The van der Waals surface area contributed by atoms with E-state index in [1.54, 1.807) is 0 Å². The molecule has 116 valence electrons. The Morgan fingerprint density at radius 1 is 1.15 bits per heavy atom. The maximum Gasteiger partial charge on any atom is 0.317 e. The predicted molar refractivity (Wildman–Crippen MR) is 78.6 cm³/mol. The molecule has 0 aliphatic carbocycles. The zero-order chi connectivity index (χ0) is 15.2. The number of hydrogen-bond donors (Lipinski definition) is 2. The number of aliphatic carboxylic acids is 1. The minimum absolute atomic E-state index is 0.0591. The van der Waals surface area contributed by atoms with Gasteiger partial charge in [0.1, 0.15) is 0 Å². The Balaban J connectivity index is 2.45. The maximum absolute atomic E-state index is 12.1. The average Bonchev–Trinajstić information content (AvgIpc) is 2.61. The van der Waals surface area contributed by atoms with Crippen LogP contribution in [0.2, 0.25) is 0 Å². The number of hydrogen-bond acceptors (Lipinski definition) is 2. The fourth-order valence-electron chi connectivity index (χ4n) is 2.58. The largest absolute Gasteiger partial charge is 0.481 e. The fraction of sp³-hybridized carbons (Fsp3) is 0.867. The second-order valence-corrected chi connectivity index (χ2v) is 6.89. The summed E-state index contributed by atoms with van der Waals surface area (Å²) in [6.07, 6.45) is 4.98. The van der Waals surface area contributed by atoms with E-state index in [-0.39, 0.29) is 18.0 Å². The van der Waals surface area contributed by atoms with E-state index in [0.717, 1.165) is 25.9 Å². The molecule has 1 saturated heterocycles. The van der Waals surface area contributed by atoms with Crippen LogP contribution in [0.25, 0.3) is 0 Å². The summed E-state index contributed by atoms with van der Waals surface area (Å²) in [5, 5.41) is 12.0.